The van der Waals surface area contributed by atoms with Gasteiger partial charge in [0.1, 0.15) is 6.54 Å². The highest BCUT2D eigenvalue weighted by molar-refractivity contribution is 7.92. The van der Waals surface area contributed by atoms with Crippen LogP contribution in [0.25, 0.3) is 5.69 Å². The molecular formula is C27H22Cl4N4O3S. The number of nitrogens with one attached hydrogen (secondary N) is 1. The van der Waals surface area contributed by atoms with Gasteiger partial charge in [-0.15, -0.1) is 0 Å². The fourth-order valence-electron chi connectivity index (χ4n) is 4.03. The molecule has 0 atom stereocenters. The highest BCUT2D eigenvalue weighted by Gasteiger charge is 2.28. The van der Waals surface area contributed by atoms with E-state index in [1.54, 1.807) is 36.4 Å². The minimum Gasteiger partial charge on any atom is -0.318 e. The van der Waals surface area contributed by atoms with E-state index in [9.17, 15) is 13.2 Å². The first kappa shape index (κ1) is 29.0. The third-order valence-electron chi connectivity index (χ3n) is 5.77. The van der Waals surface area contributed by atoms with Crippen LogP contribution in [0.4, 0.5) is 5.69 Å². The van der Waals surface area contributed by atoms with E-state index >= 15 is 0 Å². The average molecular weight is 624 g/mol. The summed E-state index contributed by atoms with van der Waals surface area (Å²) in [6.07, 6.45) is 1.48. The Morgan fingerprint density at radius 3 is 2.23 bits per heavy atom. The lowest BCUT2D eigenvalue weighted by Gasteiger charge is -2.24. The second kappa shape index (κ2) is 12.0. The van der Waals surface area contributed by atoms with Crippen LogP contribution in [0.2, 0.25) is 20.1 Å². The molecule has 0 unspecified atom stereocenters. The maximum atomic E-state index is 13.5. The topological polar surface area (TPSA) is 83.8 Å². The van der Waals surface area contributed by atoms with Crippen molar-refractivity contribution >= 4 is 74.2 Å². The number of anilines is 1. The summed E-state index contributed by atoms with van der Waals surface area (Å²) in [6, 6.07) is 19.2. The van der Waals surface area contributed by atoms with E-state index in [1.165, 1.54) is 36.5 Å². The van der Waals surface area contributed by atoms with Crippen molar-refractivity contribution in [3.63, 3.8) is 0 Å². The standard InChI is InChI=1S/C27H22Cl4N4O3S/c1-17-10-19(18(2)35(17)23-12-21(29)11-22(30)13-23)15-32-33-27(36)16-34(26-9-8-20(28)14-25(26)31)39(37,38)24-6-4-3-5-7-24/h3-15H,16H2,1-2H3,(H,33,36)/b32-15-. The molecule has 202 valence electrons. The summed E-state index contributed by atoms with van der Waals surface area (Å²) >= 11 is 24.7. The summed E-state index contributed by atoms with van der Waals surface area (Å²) in [7, 11) is -4.14. The zero-order chi connectivity index (χ0) is 28.3. The summed E-state index contributed by atoms with van der Waals surface area (Å²) < 4.78 is 29.8. The van der Waals surface area contributed by atoms with E-state index in [0.29, 0.717) is 15.1 Å². The summed E-state index contributed by atoms with van der Waals surface area (Å²) in [4.78, 5) is 12.9. The summed E-state index contributed by atoms with van der Waals surface area (Å²) in [5.41, 5.74) is 5.76. The van der Waals surface area contributed by atoms with Crippen LogP contribution in [-0.2, 0) is 14.8 Å². The SMILES string of the molecule is Cc1cc(/C=N\NC(=O)CN(c2ccc(Cl)cc2Cl)S(=O)(=O)c2ccccc2)c(C)n1-c1cc(Cl)cc(Cl)c1. The van der Waals surface area contributed by atoms with Gasteiger partial charge in [0, 0.05) is 37.7 Å². The number of halogens is 4. The van der Waals surface area contributed by atoms with Crippen molar-refractivity contribution in [3.8, 4) is 5.69 Å². The van der Waals surface area contributed by atoms with Crippen molar-refractivity contribution in [2.24, 2.45) is 5.10 Å². The maximum absolute atomic E-state index is 13.5. The third kappa shape index (κ3) is 6.59. The Hall–Kier alpha value is -3.01. The predicted octanol–water partition coefficient (Wildman–Crippen LogP) is 7.05. The molecule has 4 rings (SSSR count). The van der Waals surface area contributed by atoms with Gasteiger partial charge in [-0.05, 0) is 68.4 Å². The minimum atomic E-state index is -4.14. The molecule has 0 aliphatic carbocycles. The van der Waals surface area contributed by atoms with Gasteiger partial charge < -0.3 is 4.57 Å². The Morgan fingerprint density at radius 2 is 1.59 bits per heavy atom. The van der Waals surface area contributed by atoms with Gasteiger partial charge in [-0.1, -0.05) is 64.6 Å². The third-order valence-corrected chi connectivity index (χ3v) is 8.51. The number of rotatable bonds is 8. The molecule has 1 N–H and O–H groups in total. The number of hydrazone groups is 1. The van der Waals surface area contributed by atoms with E-state index < -0.39 is 22.5 Å². The first-order chi connectivity index (χ1) is 18.5. The quantitative estimate of drug-likeness (QED) is 0.169. The van der Waals surface area contributed by atoms with Gasteiger partial charge in [-0.25, -0.2) is 13.8 Å². The highest BCUT2D eigenvalue weighted by atomic mass is 35.5. The molecule has 39 heavy (non-hydrogen) atoms. The van der Waals surface area contributed by atoms with Crippen LogP contribution in [0.3, 0.4) is 0 Å². The zero-order valence-corrected chi connectivity index (χ0v) is 24.5. The molecule has 0 bridgehead atoms. The lowest BCUT2D eigenvalue weighted by Crippen LogP contribution is -2.39. The van der Waals surface area contributed by atoms with E-state index in [0.717, 1.165) is 26.9 Å². The van der Waals surface area contributed by atoms with Crippen molar-refractivity contribution in [2.75, 3.05) is 10.8 Å². The lowest BCUT2D eigenvalue weighted by atomic mass is 10.2. The van der Waals surface area contributed by atoms with Crippen molar-refractivity contribution < 1.29 is 13.2 Å². The molecule has 7 nitrogen and oxygen atoms in total. The number of amides is 1. The monoisotopic (exact) mass is 622 g/mol. The summed E-state index contributed by atoms with van der Waals surface area (Å²) in [6.45, 7) is 3.23. The average Bonchev–Trinajstić information content (AvgIpc) is 3.15. The number of nitrogens with zero attached hydrogens (tertiary/aromatic N) is 3. The Kier molecular flexibility index (Phi) is 8.93. The normalized spacial score (nSPS) is 11.6. The van der Waals surface area contributed by atoms with Gasteiger partial charge in [0.15, 0.2) is 0 Å². The number of sulfonamides is 1. The van der Waals surface area contributed by atoms with E-state index in [4.69, 9.17) is 46.4 Å². The second-order valence-corrected chi connectivity index (χ2v) is 12.1. The largest absolute Gasteiger partial charge is 0.318 e. The Bertz CT molecular complexity index is 1650. The van der Waals surface area contributed by atoms with Crippen LogP contribution < -0.4 is 9.73 Å². The number of aryl methyl sites for hydroxylation is 1. The van der Waals surface area contributed by atoms with Gasteiger partial charge in [0.25, 0.3) is 15.9 Å². The van der Waals surface area contributed by atoms with Crippen LogP contribution >= 0.6 is 46.4 Å². The molecule has 4 aromatic rings. The van der Waals surface area contributed by atoms with Crippen molar-refractivity contribution in [3.05, 3.63) is 110 Å². The minimum absolute atomic E-state index is 0.000812. The number of carbonyl (C=O) groups is 1. The molecule has 0 aliphatic heterocycles. The molecule has 0 saturated heterocycles. The van der Waals surface area contributed by atoms with Gasteiger partial charge in [0.05, 0.1) is 21.8 Å². The van der Waals surface area contributed by atoms with Crippen LogP contribution in [0, 0.1) is 13.8 Å². The van der Waals surface area contributed by atoms with Gasteiger partial charge >= 0.3 is 0 Å². The van der Waals surface area contributed by atoms with Gasteiger partial charge in [-0.2, -0.15) is 5.10 Å². The summed E-state index contributed by atoms with van der Waals surface area (Å²) in [5.74, 6) is -0.674. The molecular weight excluding hydrogens is 602 g/mol. The zero-order valence-electron chi connectivity index (χ0n) is 20.7. The van der Waals surface area contributed by atoms with Crippen LogP contribution in [0.5, 0.6) is 0 Å². The van der Waals surface area contributed by atoms with Crippen LogP contribution in [0.1, 0.15) is 17.0 Å². The van der Waals surface area contributed by atoms with Crippen molar-refractivity contribution in [1.82, 2.24) is 9.99 Å². The van der Waals surface area contributed by atoms with Crippen LogP contribution in [-0.4, -0.2) is 31.7 Å². The Labute approximate surface area is 246 Å². The predicted molar refractivity (Wildman–Crippen MR) is 158 cm³/mol. The second-order valence-electron chi connectivity index (χ2n) is 8.50. The molecule has 0 aliphatic rings. The van der Waals surface area contributed by atoms with Crippen molar-refractivity contribution in [2.45, 2.75) is 18.7 Å². The number of carbonyl (C=O) groups excluding carboxylic acids is 1. The van der Waals surface area contributed by atoms with Crippen LogP contribution in [0.15, 0.2) is 82.8 Å². The molecule has 0 fully saturated rings. The summed E-state index contributed by atoms with van der Waals surface area (Å²) in [5, 5.41) is 5.47. The first-order valence-corrected chi connectivity index (χ1v) is 14.4. The molecule has 1 aromatic heterocycles. The van der Waals surface area contributed by atoms with Gasteiger partial charge in [0.2, 0.25) is 0 Å². The molecule has 1 heterocycles. The van der Waals surface area contributed by atoms with Crippen molar-refractivity contribution in [1.29, 1.82) is 0 Å². The molecule has 0 saturated carbocycles. The first-order valence-electron chi connectivity index (χ1n) is 11.5. The number of aromatic nitrogens is 1. The van der Waals surface area contributed by atoms with E-state index in [1.807, 2.05) is 24.5 Å². The molecule has 0 radical (unpaired) electrons. The molecule has 12 heteroatoms. The molecule has 0 spiro atoms. The fraction of sp³-hybridized carbons (Fsp3) is 0.111. The van der Waals surface area contributed by atoms with E-state index in [2.05, 4.69) is 10.5 Å². The molecule has 1 amide bonds. The Balaban J connectivity index is 1.58. The number of hydrogen-bond donors (Lipinski definition) is 1. The number of hydrogen-bond acceptors (Lipinski definition) is 4. The number of benzene rings is 3. The Morgan fingerprint density at radius 1 is 0.923 bits per heavy atom. The fourth-order valence-corrected chi connectivity index (χ4v) is 6.56. The molecule has 3 aromatic carbocycles. The smallest absolute Gasteiger partial charge is 0.264 e. The maximum Gasteiger partial charge on any atom is 0.264 e. The van der Waals surface area contributed by atoms with E-state index in [-0.39, 0.29) is 15.6 Å². The lowest BCUT2D eigenvalue weighted by molar-refractivity contribution is -0.119. The van der Waals surface area contributed by atoms with Gasteiger partial charge in [-0.3, -0.25) is 9.10 Å². The highest BCUT2D eigenvalue weighted by Crippen LogP contribution is 2.32.